The highest BCUT2D eigenvalue weighted by Crippen LogP contribution is 2.41. The first-order valence-corrected chi connectivity index (χ1v) is 7.86. The predicted molar refractivity (Wildman–Crippen MR) is 84.8 cm³/mol. The van der Waals surface area contributed by atoms with E-state index < -0.39 is 5.41 Å². The van der Waals surface area contributed by atoms with E-state index >= 15 is 0 Å². The Kier molecular flexibility index (Phi) is 3.82. The van der Waals surface area contributed by atoms with E-state index in [2.05, 4.69) is 15.2 Å². The molecule has 3 heterocycles. The van der Waals surface area contributed by atoms with Gasteiger partial charge in [-0.2, -0.15) is 0 Å². The zero-order valence-electron chi connectivity index (χ0n) is 13.0. The van der Waals surface area contributed by atoms with Crippen LogP contribution < -0.4 is 0 Å². The monoisotopic (exact) mass is 325 g/mol. The van der Waals surface area contributed by atoms with Crippen molar-refractivity contribution in [3.05, 3.63) is 66.1 Å². The minimum atomic E-state index is -0.440. The van der Waals surface area contributed by atoms with Crippen molar-refractivity contribution in [2.45, 2.75) is 18.3 Å². The van der Waals surface area contributed by atoms with Gasteiger partial charge in [-0.15, -0.1) is 10.2 Å². The molecule has 2 aromatic heterocycles. The van der Waals surface area contributed by atoms with E-state index in [1.165, 1.54) is 12.1 Å². The lowest BCUT2D eigenvalue weighted by atomic mass is 9.74. The number of aromatic nitrogens is 3. The SMILES string of the molecule is Fc1ccc(C2(c3nnc(-c4ccncc4)o3)CCOCC2)cc1. The molecule has 4 rings (SSSR count). The lowest BCUT2D eigenvalue weighted by Gasteiger charge is -2.34. The fourth-order valence-electron chi connectivity index (χ4n) is 3.14. The zero-order chi connectivity index (χ0) is 16.4. The summed E-state index contributed by atoms with van der Waals surface area (Å²) in [4.78, 5) is 4.00. The van der Waals surface area contributed by atoms with Gasteiger partial charge in [-0.25, -0.2) is 4.39 Å². The van der Waals surface area contributed by atoms with Gasteiger partial charge in [0.25, 0.3) is 0 Å². The zero-order valence-corrected chi connectivity index (χ0v) is 13.0. The number of benzene rings is 1. The second-order valence-electron chi connectivity index (χ2n) is 5.85. The summed E-state index contributed by atoms with van der Waals surface area (Å²) in [5.41, 5.74) is 1.35. The van der Waals surface area contributed by atoms with Crippen LogP contribution in [-0.4, -0.2) is 28.4 Å². The molecule has 1 saturated heterocycles. The normalized spacial score (nSPS) is 16.9. The van der Waals surface area contributed by atoms with Crippen molar-refractivity contribution in [3.63, 3.8) is 0 Å². The third-order valence-electron chi connectivity index (χ3n) is 4.50. The molecular formula is C18H16FN3O2. The molecule has 122 valence electrons. The molecule has 1 fully saturated rings. The molecule has 0 radical (unpaired) electrons. The molecule has 0 amide bonds. The van der Waals surface area contributed by atoms with E-state index in [0.717, 1.165) is 24.0 Å². The maximum absolute atomic E-state index is 13.3. The molecule has 0 bridgehead atoms. The van der Waals surface area contributed by atoms with E-state index in [0.29, 0.717) is 25.0 Å². The third-order valence-corrected chi connectivity index (χ3v) is 4.50. The summed E-state index contributed by atoms with van der Waals surface area (Å²) in [5, 5.41) is 8.49. The second kappa shape index (κ2) is 6.13. The van der Waals surface area contributed by atoms with Gasteiger partial charge in [0, 0.05) is 31.2 Å². The van der Waals surface area contributed by atoms with Gasteiger partial charge in [-0.3, -0.25) is 4.98 Å². The maximum atomic E-state index is 13.3. The van der Waals surface area contributed by atoms with Crippen LogP contribution in [0.3, 0.4) is 0 Å². The molecule has 0 spiro atoms. The molecule has 24 heavy (non-hydrogen) atoms. The number of rotatable bonds is 3. The molecule has 6 heteroatoms. The molecular weight excluding hydrogens is 309 g/mol. The van der Waals surface area contributed by atoms with Crippen LogP contribution in [0.15, 0.2) is 53.2 Å². The van der Waals surface area contributed by atoms with Crippen LogP contribution in [0.1, 0.15) is 24.3 Å². The standard InChI is InChI=1S/C18H16FN3O2/c19-15-3-1-14(2-4-15)18(7-11-23-12-8-18)17-22-21-16(24-17)13-5-9-20-10-6-13/h1-6,9-10H,7-8,11-12H2. The Balaban J connectivity index is 1.77. The van der Waals surface area contributed by atoms with Gasteiger partial charge in [0.15, 0.2) is 0 Å². The van der Waals surface area contributed by atoms with Crippen molar-refractivity contribution in [2.24, 2.45) is 0 Å². The van der Waals surface area contributed by atoms with Crippen LogP contribution in [0.2, 0.25) is 0 Å². The highest BCUT2D eigenvalue weighted by Gasteiger charge is 2.41. The molecule has 0 N–H and O–H groups in total. The Bertz CT molecular complexity index is 812. The molecule has 0 unspecified atom stereocenters. The third kappa shape index (κ3) is 2.59. The van der Waals surface area contributed by atoms with Crippen LogP contribution >= 0.6 is 0 Å². The number of nitrogens with zero attached hydrogens (tertiary/aromatic N) is 3. The minimum Gasteiger partial charge on any atom is -0.420 e. The Morgan fingerprint density at radius 2 is 1.62 bits per heavy atom. The summed E-state index contributed by atoms with van der Waals surface area (Å²) in [6.07, 6.45) is 4.81. The van der Waals surface area contributed by atoms with Gasteiger partial charge >= 0.3 is 0 Å². The molecule has 1 aliphatic heterocycles. The number of hydrogen-bond acceptors (Lipinski definition) is 5. The number of halogens is 1. The average Bonchev–Trinajstić information content (AvgIpc) is 3.14. The Morgan fingerprint density at radius 3 is 2.33 bits per heavy atom. The van der Waals surface area contributed by atoms with Crippen LogP contribution in [0.4, 0.5) is 4.39 Å². The van der Waals surface area contributed by atoms with Crippen LogP contribution in [0.25, 0.3) is 11.5 Å². The average molecular weight is 325 g/mol. The van der Waals surface area contributed by atoms with Crippen molar-refractivity contribution in [2.75, 3.05) is 13.2 Å². The second-order valence-corrected chi connectivity index (χ2v) is 5.85. The molecule has 0 aliphatic carbocycles. The van der Waals surface area contributed by atoms with Gasteiger partial charge in [0.2, 0.25) is 11.8 Å². The van der Waals surface area contributed by atoms with E-state index in [1.54, 1.807) is 24.5 Å². The fourth-order valence-corrected chi connectivity index (χ4v) is 3.14. The number of ether oxygens (including phenoxy) is 1. The largest absolute Gasteiger partial charge is 0.420 e. The smallest absolute Gasteiger partial charge is 0.247 e. The molecule has 1 aromatic carbocycles. The lowest BCUT2D eigenvalue weighted by Crippen LogP contribution is -2.35. The van der Waals surface area contributed by atoms with Crippen molar-refractivity contribution in [1.29, 1.82) is 0 Å². The Morgan fingerprint density at radius 1 is 0.917 bits per heavy atom. The summed E-state index contributed by atoms with van der Waals surface area (Å²) < 4.78 is 24.8. The van der Waals surface area contributed by atoms with Crippen molar-refractivity contribution in [1.82, 2.24) is 15.2 Å². The van der Waals surface area contributed by atoms with E-state index in [-0.39, 0.29) is 5.82 Å². The van der Waals surface area contributed by atoms with E-state index in [1.807, 2.05) is 12.1 Å². The van der Waals surface area contributed by atoms with Gasteiger partial charge in [0.05, 0.1) is 5.41 Å². The topological polar surface area (TPSA) is 61.0 Å². The summed E-state index contributed by atoms with van der Waals surface area (Å²) in [5.74, 6) is 0.744. The summed E-state index contributed by atoms with van der Waals surface area (Å²) in [7, 11) is 0. The van der Waals surface area contributed by atoms with E-state index in [4.69, 9.17) is 9.15 Å². The van der Waals surface area contributed by atoms with Crippen molar-refractivity contribution < 1.29 is 13.5 Å². The number of hydrogen-bond donors (Lipinski definition) is 0. The molecule has 3 aromatic rings. The van der Waals surface area contributed by atoms with Gasteiger partial charge < -0.3 is 9.15 Å². The van der Waals surface area contributed by atoms with Gasteiger partial charge in [0.1, 0.15) is 5.82 Å². The number of pyridine rings is 1. The summed E-state index contributed by atoms with van der Waals surface area (Å²) >= 11 is 0. The summed E-state index contributed by atoms with van der Waals surface area (Å²) in [6, 6.07) is 10.2. The van der Waals surface area contributed by atoms with Crippen molar-refractivity contribution >= 4 is 0 Å². The molecule has 5 nitrogen and oxygen atoms in total. The quantitative estimate of drug-likeness (QED) is 0.739. The summed E-state index contributed by atoms with van der Waals surface area (Å²) in [6.45, 7) is 1.20. The minimum absolute atomic E-state index is 0.260. The van der Waals surface area contributed by atoms with Crippen LogP contribution in [-0.2, 0) is 10.2 Å². The predicted octanol–water partition coefficient (Wildman–Crippen LogP) is 3.37. The lowest BCUT2D eigenvalue weighted by molar-refractivity contribution is 0.0546. The first-order chi connectivity index (χ1) is 11.8. The van der Waals surface area contributed by atoms with Gasteiger partial charge in [-0.05, 0) is 42.7 Å². The molecule has 0 atom stereocenters. The highest BCUT2D eigenvalue weighted by atomic mass is 19.1. The first-order valence-electron chi connectivity index (χ1n) is 7.86. The van der Waals surface area contributed by atoms with Crippen molar-refractivity contribution in [3.8, 4) is 11.5 Å². The fraction of sp³-hybridized carbons (Fsp3) is 0.278. The van der Waals surface area contributed by atoms with E-state index in [9.17, 15) is 4.39 Å². The Hall–Kier alpha value is -2.60. The maximum Gasteiger partial charge on any atom is 0.247 e. The molecule has 0 saturated carbocycles. The van der Waals surface area contributed by atoms with Crippen LogP contribution in [0.5, 0.6) is 0 Å². The Labute approximate surface area is 138 Å². The first kappa shape index (κ1) is 15.0. The van der Waals surface area contributed by atoms with Crippen LogP contribution in [0, 0.1) is 5.82 Å². The highest BCUT2D eigenvalue weighted by molar-refractivity contribution is 5.51. The van der Waals surface area contributed by atoms with Gasteiger partial charge in [-0.1, -0.05) is 12.1 Å². The molecule has 1 aliphatic rings.